The third-order valence-corrected chi connectivity index (χ3v) is 10.3. The first-order valence-electron chi connectivity index (χ1n) is 17.8. The van der Waals surface area contributed by atoms with Crippen molar-refractivity contribution in [3.63, 3.8) is 0 Å². The number of para-hydroxylation sites is 4. The molecule has 0 amide bonds. The van der Waals surface area contributed by atoms with Gasteiger partial charge in [-0.05, 0) is 105 Å². The first-order chi connectivity index (χ1) is 26.7. The summed E-state index contributed by atoms with van der Waals surface area (Å²) in [7, 11) is 0. The molecule has 0 N–H and O–H groups in total. The number of nitriles is 2. The molecule has 10 aromatic rings. The quantitative estimate of drug-likeness (QED) is 0.180. The van der Waals surface area contributed by atoms with Crippen molar-refractivity contribution in [2.24, 2.45) is 0 Å². The molecule has 2 aromatic heterocycles. The van der Waals surface area contributed by atoms with Gasteiger partial charge < -0.3 is 8.83 Å². The molecule has 2 heterocycles. The number of fused-ring (bicyclic) bond motifs is 6. The summed E-state index contributed by atoms with van der Waals surface area (Å²) in [4.78, 5) is 0. The second kappa shape index (κ2) is 12.5. The highest BCUT2D eigenvalue weighted by Gasteiger charge is 2.19. The van der Waals surface area contributed by atoms with Crippen LogP contribution in [0.25, 0.3) is 99.5 Å². The predicted octanol–water partition coefficient (Wildman–Crippen LogP) is 13.6. The SMILES string of the molecule is N#Cc1ccccc1-c1cc(-c2cc(-c3cccc4c3oc3ccccc34)cc(-c3cccc4c3oc3ccccc34)c2)cc(-c2ccccc2C#N)c1. The average Bonchev–Trinajstić information content (AvgIpc) is 3.82. The fourth-order valence-electron chi connectivity index (χ4n) is 7.82. The van der Waals surface area contributed by atoms with Gasteiger partial charge >= 0.3 is 0 Å². The lowest BCUT2D eigenvalue weighted by Crippen LogP contribution is -1.92. The van der Waals surface area contributed by atoms with Gasteiger partial charge in [-0.3, -0.25) is 0 Å². The summed E-state index contributed by atoms with van der Waals surface area (Å²) < 4.78 is 13.1. The van der Waals surface area contributed by atoms with Gasteiger partial charge in [0.2, 0.25) is 0 Å². The zero-order chi connectivity index (χ0) is 36.2. The van der Waals surface area contributed by atoms with Crippen LogP contribution < -0.4 is 0 Å². The minimum Gasteiger partial charge on any atom is -0.455 e. The zero-order valence-electron chi connectivity index (χ0n) is 28.9. The maximum absolute atomic E-state index is 10.1. The summed E-state index contributed by atoms with van der Waals surface area (Å²) in [6.45, 7) is 0. The molecule has 0 aliphatic carbocycles. The highest BCUT2D eigenvalue weighted by molar-refractivity contribution is 6.12. The van der Waals surface area contributed by atoms with E-state index in [0.29, 0.717) is 11.1 Å². The minimum absolute atomic E-state index is 0.580. The summed E-state index contributed by atoms with van der Waals surface area (Å²) >= 11 is 0. The van der Waals surface area contributed by atoms with E-state index < -0.39 is 0 Å². The highest BCUT2D eigenvalue weighted by Crippen LogP contribution is 2.43. The summed E-state index contributed by atoms with van der Waals surface area (Å²) in [5.74, 6) is 0. The Balaban J connectivity index is 1.28. The van der Waals surface area contributed by atoms with E-state index in [1.54, 1.807) is 0 Å². The van der Waals surface area contributed by atoms with Crippen LogP contribution in [0.5, 0.6) is 0 Å². The number of nitrogens with zero attached hydrogens (tertiary/aromatic N) is 2. The Morgan fingerprint density at radius 1 is 0.315 bits per heavy atom. The molecule has 0 atom stereocenters. The zero-order valence-corrected chi connectivity index (χ0v) is 28.9. The number of hydrogen-bond donors (Lipinski definition) is 0. The molecule has 8 aromatic carbocycles. The average molecular weight is 689 g/mol. The first-order valence-corrected chi connectivity index (χ1v) is 17.8. The summed E-state index contributed by atoms with van der Waals surface area (Å²) in [5.41, 5.74) is 13.8. The van der Waals surface area contributed by atoms with Crippen LogP contribution in [0.4, 0.5) is 0 Å². The van der Waals surface area contributed by atoms with Gasteiger partial charge in [-0.1, -0.05) is 109 Å². The van der Waals surface area contributed by atoms with Crippen molar-refractivity contribution in [2.75, 3.05) is 0 Å². The smallest absolute Gasteiger partial charge is 0.143 e. The Morgan fingerprint density at radius 2 is 0.648 bits per heavy atom. The Bertz CT molecular complexity index is 3000. The molecule has 0 spiro atoms. The van der Waals surface area contributed by atoms with Crippen LogP contribution in [0, 0.1) is 22.7 Å². The van der Waals surface area contributed by atoms with E-state index in [2.05, 4.69) is 97.1 Å². The van der Waals surface area contributed by atoms with Crippen molar-refractivity contribution in [1.29, 1.82) is 10.5 Å². The fourth-order valence-corrected chi connectivity index (χ4v) is 7.82. The summed E-state index contributed by atoms with van der Waals surface area (Å²) in [6.07, 6.45) is 0. The molecule has 0 fully saturated rings. The molecule has 10 rings (SSSR count). The van der Waals surface area contributed by atoms with Gasteiger partial charge in [-0.2, -0.15) is 10.5 Å². The van der Waals surface area contributed by atoms with Gasteiger partial charge in [-0.25, -0.2) is 0 Å². The van der Waals surface area contributed by atoms with Crippen molar-refractivity contribution in [2.45, 2.75) is 0 Å². The van der Waals surface area contributed by atoms with Crippen LogP contribution in [-0.2, 0) is 0 Å². The number of rotatable bonds is 5. The van der Waals surface area contributed by atoms with Crippen LogP contribution >= 0.6 is 0 Å². The van der Waals surface area contributed by atoms with Crippen molar-refractivity contribution in [3.8, 4) is 67.8 Å². The van der Waals surface area contributed by atoms with Crippen LogP contribution in [0.15, 0.2) is 179 Å². The van der Waals surface area contributed by atoms with Gasteiger partial charge in [0.05, 0.1) is 23.3 Å². The Labute approximate surface area is 311 Å². The molecule has 250 valence electrons. The van der Waals surface area contributed by atoms with Gasteiger partial charge in [0, 0.05) is 32.7 Å². The lowest BCUT2D eigenvalue weighted by Gasteiger charge is -2.15. The molecule has 0 aliphatic heterocycles. The van der Waals surface area contributed by atoms with E-state index in [0.717, 1.165) is 99.5 Å². The largest absolute Gasteiger partial charge is 0.455 e. The van der Waals surface area contributed by atoms with Crippen molar-refractivity contribution in [1.82, 2.24) is 0 Å². The van der Waals surface area contributed by atoms with E-state index >= 15 is 0 Å². The molecular formula is C50H28N2O2. The molecule has 0 bridgehead atoms. The van der Waals surface area contributed by atoms with Gasteiger partial charge in [0.1, 0.15) is 22.3 Å². The fraction of sp³-hybridized carbons (Fsp3) is 0. The second-order valence-electron chi connectivity index (χ2n) is 13.5. The molecule has 0 radical (unpaired) electrons. The lowest BCUT2D eigenvalue weighted by atomic mass is 9.88. The van der Waals surface area contributed by atoms with E-state index in [-0.39, 0.29) is 0 Å². The van der Waals surface area contributed by atoms with E-state index in [1.165, 1.54) is 0 Å². The van der Waals surface area contributed by atoms with Crippen molar-refractivity contribution in [3.05, 3.63) is 181 Å². The molecule has 0 saturated heterocycles. The Morgan fingerprint density at radius 3 is 1.09 bits per heavy atom. The maximum Gasteiger partial charge on any atom is 0.143 e. The monoisotopic (exact) mass is 688 g/mol. The van der Waals surface area contributed by atoms with Gasteiger partial charge in [-0.15, -0.1) is 0 Å². The minimum atomic E-state index is 0.580. The lowest BCUT2D eigenvalue weighted by molar-refractivity contribution is 0.670. The molecular weight excluding hydrogens is 661 g/mol. The topological polar surface area (TPSA) is 73.9 Å². The second-order valence-corrected chi connectivity index (χ2v) is 13.5. The standard InChI is InChI=1S/C50H28N2O2/c51-29-31-11-1-3-13-39(31)35-23-33(24-36(27-35)40-14-4-2-12-32(40)30-52)34-25-37(41-17-9-19-45-43-15-5-7-21-47(43)53-49(41)45)28-38(26-34)42-18-10-20-46-44-16-6-8-22-48(44)54-50(42)46/h1-28H. The molecule has 4 nitrogen and oxygen atoms in total. The van der Waals surface area contributed by atoms with Gasteiger partial charge in [0.15, 0.2) is 0 Å². The number of hydrogen-bond acceptors (Lipinski definition) is 4. The molecule has 0 aliphatic rings. The Kier molecular flexibility index (Phi) is 7.22. The molecule has 0 saturated carbocycles. The summed E-state index contributed by atoms with van der Waals surface area (Å²) in [5, 5.41) is 24.5. The predicted molar refractivity (Wildman–Crippen MR) is 218 cm³/mol. The third-order valence-electron chi connectivity index (χ3n) is 10.3. The third kappa shape index (κ3) is 5.06. The van der Waals surface area contributed by atoms with Gasteiger partial charge in [0.25, 0.3) is 0 Å². The maximum atomic E-state index is 10.1. The molecule has 0 unspecified atom stereocenters. The van der Waals surface area contributed by atoms with Crippen molar-refractivity contribution < 1.29 is 8.83 Å². The molecule has 54 heavy (non-hydrogen) atoms. The van der Waals surface area contributed by atoms with E-state index in [9.17, 15) is 10.5 Å². The number of furan rings is 2. The van der Waals surface area contributed by atoms with E-state index in [4.69, 9.17) is 8.83 Å². The first kappa shape index (κ1) is 31.1. The van der Waals surface area contributed by atoms with Crippen LogP contribution in [0.2, 0.25) is 0 Å². The Hall–Kier alpha value is -7.66. The van der Waals surface area contributed by atoms with Crippen molar-refractivity contribution >= 4 is 43.9 Å². The highest BCUT2D eigenvalue weighted by atomic mass is 16.3. The number of benzene rings is 8. The van der Waals surface area contributed by atoms with E-state index in [1.807, 2.05) is 84.9 Å². The van der Waals surface area contributed by atoms with Crippen LogP contribution in [0.1, 0.15) is 11.1 Å². The normalized spacial score (nSPS) is 11.3. The van der Waals surface area contributed by atoms with Crippen LogP contribution in [-0.4, -0.2) is 0 Å². The summed E-state index contributed by atoms with van der Waals surface area (Å²) in [6, 6.07) is 61.9. The molecule has 4 heteroatoms. The van der Waals surface area contributed by atoms with Crippen LogP contribution in [0.3, 0.4) is 0 Å².